The van der Waals surface area contributed by atoms with Crippen LogP contribution in [-0.2, 0) is 11.3 Å². The molecule has 1 heterocycles. The summed E-state index contributed by atoms with van der Waals surface area (Å²) in [6, 6.07) is 7.70. The van der Waals surface area contributed by atoms with Crippen LogP contribution in [0.2, 0.25) is 10.0 Å². The Morgan fingerprint density at radius 3 is 2.71 bits per heavy atom. The highest BCUT2D eigenvalue weighted by Gasteiger charge is 2.26. The number of benzene rings is 1. The zero-order valence-corrected chi connectivity index (χ0v) is 15.2. The number of carbonyl (C=O) groups is 1. The van der Waals surface area contributed by atoms with Crippen LogP contribution in [0.1, 0.15) is 35.8 Å². The lowest BCUT2D eigenvalue weighted by atomic mass is 10.2. The van der Waals surface area contributed by atoms with Gasteiger partial charge in [-0.1, -0.05) is 23.2 Å². The number of amides is 1. The average molecular weight is 367 g/mol. The molecule has 1 aromatic heterocycles. The fraction of sp³-hybridized carbons (Fsp3) is 0.389. The van der Waals surface area contributed by atoms with Gasteiger partial charge in [0, 0.05) is 29.0 Å². The summed E-state index contributed by atoms with van der Waals surface area (Å²) in [5.74, 6) is 0.264. The molecule has 1 amide bonds. The van der Waals surface area contributed by atoms with Crippen LogP contribution in [0.5, 0.6) is 5.75 Å². The largest absolute Gasteiger partial charge is 0.482 e. The van der Waals surface area contributed by atoms with E-state index < -0.39 is 0 Å². The van der Waals surface area contributed by atoms with E-state index in [9.17, 15) is 4.79 Å². The molecule has 0 bridgehead atoms. The van der Waals surface area contributed by atoms with Gasteiger partial charge in [-0.15, -0.1) is 0 Å². The summed E-state index contributed by atoms with van der Waals surface area (Å²) in [7, 11) is 0. The third-order valence-electron chi connectivity index (χ3n) is 4.23. The molecule has 4 nitrogen and oxygen atoms in total. The van der Waals surface area contributed by atoms with Gasteiger partial charge >= 0.3 is 0 Å². The highest BCUT2D eigenvalue weighted by atomic mass is 35.5. The van der Waals surface area contributed by atoms with E-state index in [1.165, 1.54) is 24.2 Å². The zero-order valence-electron chi connectivity index (χ0n) is 13.7. The Bertz CT molecular complexity index is 767. The third kappa shape index (κ3) is 3.87. The number of ether oxygens (including phenoxy) is 1. The number of nitrogens with zero attached hydrogens (tertiary/aromatic N) is 1. The van der Waals surface area contributed by atoms with Gasteiger partial charge in [-0.2, -0.15) is 0 Å². The Morgan fingerprint density at radius 2 is 2.04 bits per heavy atom. The van der Waals surface area contributed by atoms with E-state index >= 15 is 0 Å². The molecule has 6 heteroatoms. The maximum atomic E-state index is 12.0. The predicted octanol–water partition coefficient (Wildman–Crippen LogP) is 4.44. The van der Waals surface area contributed by atoms with Gasteiger partial charge in [0.1, 0.15) is 5.75 Å². The number of nitrogens with one attached hydrogen (secondary N) is 1. The van der Waals surface area contributed by atoms with Crippen molar-refractivity contribution in [1.82, 2.24) is 9.88 Å². The molecule has 0 unspecified atom stereocenters. The fourth-order valence-electron chi connectivity index (χ4n) is 2.90. The van der Waals surface area contributed by atoms with E-state index in [1.54, 1.807) is 18.2 Å². The number of aryl methyl sites for hydroxylation is 1. The summed E-state index contributed by atoms with van der Waals surface area (Å²) in [6.45, 7) is 4.64. The van der Waals surface area contributed by atoms with Crippen LogP contribution in [0.15, 0.2) is 24.3 Å². The van der Waals surface area contributed by atoms with Gasteiger partial charge in [-0.05, 0) is 56.5 Å². The smallest absolute Gasteiger partial charge is 0.258 e. The lowest BCUT2D eigenvalue weighted by Gasteiger charge is -2.10. The minimum Gasteiger partial charge on any atom is -0.482 e. The molecule has 1 fully saturated rings. The summed E-state index contributed by atoms with van der Waals surface area (Å²) in [5, 5.41) is 3.82. The van der Waals surface area contributed by atoms with Crippen LogP contribution in [0.25, 0.3) is 0 Å². The Labute approximate surface area is 151 Å². The summed E-state index contributed by atoms with van der Waals surface area (Å²) in [5.41, 5.74) is 3.64. The summed E-state index contributed by atoms with van der Waals surface area (Å²) in [4.78, 5) is 12.0. The first-order chi connectivity index (χ1) is 11.5. The lowest BCUT2D eigenvalue weighted by molar-refractivity contribution is -0.123. The van der Waals surface area contributed by atoms with E-state index in [0.717, 1.165) is 5.56 Å². The van der Waals surface area contributed by atoms with Gasteiger partial charge in [-0.3, -0.25) is 4.79 Å². The highest BCUT2D eigenvalue weighted by molar-refractivity contribution is 6.35. The molecule has 24 heavy (non-hydrogen) atoms. The molecule has 1 aliphatic carbocycles. The first-order valence-electron chi connectivity index (χ1n) is 7.97. The minimum atomic E-state index is -0.183. The predicted molar refractivity (Wildman–Crippen MR) is 96.0 cm³/mol. The van der Waals surface area contributed by atoms with Gasteiger partial charge in [0.15, 0.2) is 6.61 Å². The number of halogens is 2. The van der Waals surface area contributed by atoms with Crippen molar-refractivity contribution in [3.05, 3.63) is 51.3 Å². The van der Waals surface area contributed by atoms with Crippen LogP contribution < -0.4 is 10.1 Å². The number of hydrogen-bond acceptors (Lipinski definition) is 2. The van der Waals surface area contributed by atoms with E-state index in [-0.39, 0.29) is 12.5 Å². The topological polar surface area (TPSA) is 43.3 Å². The molecule has 3 rings (SSSR count). The Kier molecular flexibility index (Phi) is 5.07. The third-order valence-corrected chi connectivity index (χ3v) is 4.76. The zero-order chi connectivity index (χ0) is 17.3. The average Bonchev–Trinajstić information content (AvgIpc) is 3.31. The molecule has 0 radical (unpaired) electrons. The van der Waals surface area contributed by atoms with Crippen molar-refractivity contribution in [2.75, 3.05) is 6.61 Å². The lowest BCUT2D eigenvalue weighted by Crippen LogP contribution is -2.28. The van der Waals surface area contributed by atoms with Crippen LogP contribution in [0, 0.1) is 13.8 Å². The Balaban J connectivity index is 1.53. The molecule has 128 valence electrons. The summed E-state index contributed by atoms with van der Waals surface area (Å²) in [6.07, 6.45) is 2.50. The molecule has 2 aromatic rings. The molecule has 0 spiro atoms. The summed E-state index contributed by atoms with van der Waals surface area (Å²) >= 11 is 11.9. The molecular weight excluding hydrogens is 347 g/mol. The molecule has 0 aliphatic heterocycles. The van der Waals surface area contributed by atoms with E-state index in [0.29, 0.717) is 28.4 Å². The van der Waals surface area contributed by atoms with Crippen molar-refractivity contribution in [3.8, 4) is 5.75 Å². The fourth-order valence-corrected chi connectivity index (χ4v) is 3.36. The number of rotatable bonds is 6. The molecule has 1 aliphatic rings. The Morgan fingerprint density at radius 1 is 1.29 bits per heavy atom. The molecule has 0 saturated heterocycles. The van der Waals surface area contributed by atoms with Gasteiger partial charge in [0.2, 0.25) is 0 Å². The van der Waals surface area contributed by atoms with E-state index in [4.69, 9.17) is 27.9 Å². The van der Waals surface area contributed by atoms with Crippen molar-refractivity contribution < 1.29 is 9.53 Å². The quantitative estimate of drug-likeness (QED) is 0.820. The number of aromatic nitrogens is 1. The van der Waals surface area contributed by atoms with Crippen LogP contribution >= 0.6 is 23.2 Å². The second-order valence-corrected chi connectivity index (χ2v) is 6.98. The van der Waals surface area contributed by atoms with Crippen molar-refractivity contribution in [3.63, 3.8) is 0 Å². The Hall–Kier alpha value is -1.65. The van der Waals surface area contributed by atoms with Crippen molar-refractivity contribution >= 4 is 29.1 Å². The van der Waals surface area contributed by atoms with Crippen molar-refractivity contribution in [1.29, 1.82) is 0 Å². The van der Waals surface area contributed by atoms with E-state index in [2.05, 4.69) is 29.8 Å². The highest BCUT2D eigenvalue weighted by Crippen LogP contribution is 2.38. The first kappa shape index (κ1) is 17.2. The second kappa shape index (κ2) is 7.08. The number of hydrogen-bond donors (Lipinski definition) is 1. The van der Waals surface area contributed by atoms with E-state index in [1.807, 2.05) is 0 Å². The normalized spacial score (nSPS) is 13.8. The van der Waals surface area contributed by atoms with Gasteiger partial charge in [0.05, 0.1) is 5.02 Å². The molecule has 1 saturated carbocycles. The molecular formula is C18H20Cl2N2O2. The monoisotopic (exact) mass is 366 g/mol. The van der Waals surface area contributed by atoms with Crippen LogP contribution in [0.4, 0.5) is 0 Å². The minimum absolute atomic E-state index is 0.0806. The first-order valence-corrected chi connectivity index (χ1v) is 8.73. The maximum Gasteiger partial charge on any atom is 0.258 e. The summed E-state index contributed by atoms with van der Waals surface area (Å²) < 4.78 is 7.81. The standard InChI is InChI=1S/C18H20Cl2N2O2/c1-11-7-13(12(2)22(11)15-4-5-15)9-21-18(23)10-24-17-6-3-14(19)8-16(17)20/h3,6-8,15H,4-5,9-10H2,1-2H3,(H,21,23). The van der Waals surface area contributed by atoms with Gasteiger partial charge in [-0.25, -0.2) is 0 Å². The molecule has 1 N–H and O–H groups in total. The van der Waals surface area contributed by atoms with Crippen molar-refractivity contribution in [2.24, 2.45) is 0 Å². The SMILES string of the molecule is Cc1cc(CNC(=O)COc2ccc(Cl)cc2Cl)c(C)n1C1CC1. The number of carbonyl (C=O) groups excluding carboxylic acids is 1. The van der Waals surface area contributed by atoms with Gasteiger partial charge in [0.25, 0.3) is 5.91 Å². The maximum absolute atomic E-state index is 12.0. The van der Waals surface area contributed by atoms with Crippen molar-refractivity contribution in [2.45, 2.75) is 39.3 Å². The van der Waals surface area contributed by atoms with Crippen LogP contribution in [-0.4, -0.2) is 17.1 Å². The second-order valence-electron chi connectivity index (χ2n) is 6.14. The van der Waals surface area contributed by atoms with Gasteiger partial charge < -0.3 is 14.6 Å². The molecule has 1 aromatic carbocycles. The van der Waals surface area contributed by atoms with Crippen LogP contribution in [0.3, 0.4) is 0 Å². The molecule has 0 atom stereocenters.